The number of Topliss-reactive ketones (excluding diaryl/α,β-unsaturated/α-hetero) is 1. The van der Waals surface area contributed by atoms with E-state index in [9.17, 15) is 4.79 Å². The third-order valence-corrected chi connectivity index (χ3v) is 3.29. The second kappa shape index (κ2) is 4.38. The van der Waals surface area contributed by atoms with Crippen LogP contribution in [0.3, 0.4) is 0 Å². The van der Waals surface area contributed by atoms with Gasteiger partial charge in [-0.15, -0.1) is 0 Å². The van der Waals surface area contributed by atoms with Crippen LogP contribution in [0.15, 0.2) is 24.3 Å². The van der Waals surface area contributed by atoms with Crippen molar-refractivity contribution in [2.75, 3.05) is 6.61 Å². The van der Waals surface area contributed by atoms with E-state index in [2.05, 4.69) is 0 Å². The molecule has 16 heavy (non-hydrogen) atoms. The second-order valence-electron chi connectivity index (χ2n) is 4.77. The first-order chi connectivity index (χ1) is 7.60. The van der Waals surface area contributed by atoms with Crippen molar-refractivity contribution in [3.8, 4) is 0 Å². The summed E-state index contributed by atoms with van der Waals surface area (Å²) in [4.78, 5) is 12.1. The van der Waals surface area contributed by atoms with E-state index in [1.165, 1.54) is 5.56 Å². The van der Waals surface area contributed by atoms with Crippen LogP contribution in [0.5, 0.6) is 0 Å². The van der Waals surface area contributed by atoms with Gasteiger partial charge in [0.05, 0.1) is 0 Å². The normalized spacial score (nSPS) is 24.6. The Bertz CT molecular complexity index is 372. The zero-order chi connectivity index (χ0) is 11.6. The van der Waals surface area contributed by atoms with E-state index in [0.29, 0.717) is 6.42 Å². The standard InChI is InChI=1S/C14H18O2/c1-11-4-6-12(7-5-11)10-13(15)14(2)8-3-9-16-14/h4-7H,3,8-10H2,1-2H3. The Morgan fingerprint density at radius 3 is 2.62 bits per heavy atom. The van der Waals surface area contributed by atoms with Gasteiger partial charge in [0.15, 0.2) is 5.78 Å². The van der Waals surface area contributed by atoms with Crippen LogP contribution in [-0.2, 0) is 16.0 Å². The van der Waals surface area contributed by atoms with E-state index in [0.717, 1.165) is 25.0 Å². The lowest BCUT2D eigenvalue weighted by molar-refractivity contribution is -0.136. The second-order valence-corrected chi connectivity index (χ2v) is 4.77. The van der Waals surface area contributed by atoms with E-state index in [1.54, 1.807) is 0 Å². The molecule has 1 fully saturated rings. The number of ketones is 1. The molecule has 1 heterocycles. The van der Waals surface area contributed by atoms with Gasteiger partial charge in [-0.05, 0) is 32.3 Å². The van der Waals surface area contributed by atoms with Crippen molar-refractivity contribution in [1.29, 1.82) is 0 Å². The van der Waals surface area contributed by atoms with Gasteiger partial charge in [-0.25, -0.2) is 0 Å². The molecular formula is C14H18O2. The van der Waals surface area contributed by atoms with Gasteiger partial charge in [-0.2, -0.15) is 0 Å². The van der Waals surface area contributed by atoms with Crippen molar-refractivity contribution >= 4 is 5.78 Å². The summed E-state index contributed by atoms with van der Waals surface area (Å²) in [5.74, 6) is 0.203. The Morgan fingerprint density at radius 2 is 2.06 bits per heavy atom. The highest BCUT2D eigenvalue weighted by Gasteiger charge is 2.36. The molecule has 0 radical (unpaired) electrons. The van der Waals surface area contributed by atoms with Crippen molar-refractivity contribution < 1.29 is 9.53 Å². The first-order valence-electron chi connectivity index (χ1n) is 5.83. The lowest BCUT2D eigenvalue weighted by atomic mass is 9.92. The third-order valence-electron chi connectivity index (χ3n) is 3.29. The van der Waals surface area contributed by atoms with Crippen LogP contribution < -0.4 is 0 Å². The molecule has 0 N–H and O–H groups in total. The molecule has 0 amide bonds. The quantitative estimate of drug-likeness (QED) is 0.779. The molecule has 1 aliphatic heterocycles. The molecular weight excluding hydrogens is 200 g/mol. The van der Waals surface area contributed by atoms with Crippen LogP contribution in [0.1, 0.15) is 30.9 Å². The molecule has 2 nitrogen and oxygen atoms in total. The highest BCUT2D eigenvalue weighted by atomic mass is 16.5. The molecule has 1 aromatic rings. The fraction of sp³-hybridized carbons (Fsp3) is 0.500. The molecule has 1 saturated heterocycles. The Kier molecular flexibility index (Phi) is 3.10. The number of carbonyl (C=O) groups excluding carboxylic acids is 1. The van der Waals surface area contributed by atoms with E-state index in [4.69, 9.17) is 4.74 Å². The predicted octanol–water partition coefficient (Wildman–Crippen LogP) is 2.68. The summed E-state index contributed by atoms with van der Waals surface area (Å²) >= 11 is 0. The molecule has 1 aliphatic rings. The van der Waals surface area contributed by atoms with E-state index in [1.807, 2.05) is 38.1 Å². The highest BCUT2D eigenvalue weighted by molar-refractivity contribution is 5.89. The van der Waals surface area contributed by atoms with Crippen molar-refractivity contribution in [2.45, 2.75) is 38.7 Å². The van der Waals surface area contributed by atoms with Crippen LogP contribution in [-0.4, -0.2) is 18.0 Å². The number of hydrogen-bond donors (Lipinski definition) is 0. The molecule has 1 unspecified atom stereocenters. The number of carbonyl (C=O) groups is 1. The number of ether oxygens (including phenoxy) is 1. The molecule has 86 valence electrons. The lowest BCUT2D eigenvalue weighted by Crippen LogP contribution is -2.35. The molecule has 2 heteroatoms. The maximum absolute atomic E-state index is 12.1. The van der Waals surface area contributed by atoms with Crippen LogP contribution in [0.25, 0.3) is 0 Å². The van der Waals surface area contributed by atoms with Crippen LogP contribution in [0, 0.1) is 6.92 Å². The fourth-order valence-corrected chi connectivity index (χ4v) is 2.08. The maximum Gasteiger partial charge on any atom is 0.168 e. The molecule has 2 rings (SSSR count). The molecule has 0 aromatic heterocycles. The maximum atomic E-state index is 12.1. The monoisotopic (exact) mass is 218 g/mol. The van der Waals surface area contributed by atoms with Crippen molar-refractivity contribution in [3.05, 3.63) is 35.4 Å². The average Bonchev–Trinajstić information content (AvgIpc) is 2.70. The topological polar surface area (TPSA) is 26.3 Å². The summed E-state index contributed by atoms with van der Waals surface area (Å²) in [6, 6.07) is 8.12. The minimum absolute atomic E-state index is 0.203. The van der Waals surface area contributed by atoms with E-state index < -0.39 is 5.60 Å². The molecule has 0 aliphatic carbocycles. The number of aryl methyl sites for hydroxylation is 1. The van der Waals surface area contributed by atoms with Crippen LogP contribution >= 0.6 is 0 Å². The highest BCUT2D eigenvalue weighted by Crippen LogP contribution is 2.27. The van der Waals surface area contributed by atoms with Gasteiger partial charge in [0, 0.05) is 13.0 Å². The predicted molar refractivity (Wildman–Crippen MR) is 63.5 cm³/mol. The summed E-state index contributed by atoms with van der Waals surface area (Å²) in [6.45, 7) is 4.68. The van der Waals surface area contributed by atoms with Crippen molar-refractivity contribution in [3.63, 3.8) is 0 Å². The largest absolute Gasteiger partial charge is 0.367 e. The number of hydrogen-bond acceptors (Lipinski definition) is 2. The molecule has 0 bridgehead atoms. The summed E-state index contributed by atoms with van der Waals surface area (Å²) in [5, 5.41) is 0. The minimum Gasteiger partial charge on any atom is -0.367 e. The minimum atomic E-state index is -0.537. The first-order valence-corrected chi connectivity index (χ1v) is 5.83. The molecule has 1 aromatic carbocycles. The Balaban J connectivity index is 2.04. The van der Waals surface area contributed by atoms with Gasteiger partial charge in [0.25, 0.3) is 0 Å². The zero-order valence-electron chi connectivity index (χ0n) is 9.95. The zero-order valence-corrected chi connectivity index (χ0v) is 9.95. The number of benzene rings is 1. The van der Waals surface area contributed by atoms with Gasteiger partial charge in [0.1, 0.15) is 5.60 Å². The third kappa shape index (κ3) is 2.33. The average molecular weight is 218 g/mol. The van der Waals surface area contributed by atoms with Gasteiger partial charge >= 0.3 is 0 Å². The molecule has 1 atom stereocenters. The first kappa shape index (κ1) is 11.3. The Labute approximate surface area is 96.6 Å². The van der Waals surface area contributed by atoms with Gasteiger partial charge < -0.3 is 4.74 Å². The van der Waals surface area contributed by atoms with Crippen LogP contribution in [0.2, 0.25) is 0 Å². The van der Waals surface area contributed by atoms with Crippen molar-refractivity contribution in [1.82, 2.24) is 0 Å². The van der Waals surface area contributed by atoms with Crippen molar-refractivity contribution in [2.24, 2.45) is 0 Å². The summed E-state index contributed by atoms with van der Waals surface area (Å²) < 4.78 is 5.55. The van der Waals surface area contributed by atoms with E-state index >= 15 is 0 Å². The SMILES string of the molecule is Cc1ccc(CC(=O)C2(C)CCCO2)cc1. The van der Waals surface area contributed by atoms with Gasteiger partial charge in [-0.1, -0.05) is 29.8 Å². The molecule has 0 spiro atoms. The van der Waals surface area contributed by atoms with Gasteiger partial charge in [-0.3, -0.25) is 4.79 Å². The summed E-state index contributed by atoms with van der Waals surface area (Å²) in [7, 11) is 0. The summed E-state index contributed by atoms with van der Waals surface area (Å²) in [5.41, 5.74) is 1.76. The van der Waals surface area contributed by atoms with Gasteiger partial charge in [0.2, 0.25) is 0 Å². The Morgan fingerprint density at radius 1 is 1.38 bits per heavy atom. The summed E-state index contributed by atoms with van der Waals surface area (Å²) in [6.07, 6.45) is 2.34. The Hall–Kier alpha value is -1.15. The lowest BCUT2D eigenvalue weighted by Gasteiger charge is -2.21. The number of rotatable bonds is 3. The van der Waals surface area contributed by atoms with Crippen LogP contribution in [0.4, 0.5) is 0 Å². The van der Waals surface area contributed by atoms with E-state index in [-0.39, 0.29) is 5.78 Å². The smallest absolute Gasteiger partial charge is 0.168 e. The molecule has 0 saturated carbocycles. The fourth-order valence-electron chi connectivity index (χ4n) is 2.08.